The highest BCUT2D eigenvalue weighted by atomic mass is 16.7. The maximum absolute atomic E-state index is 6.08. The Morgan fingerprint density at radius 2 is 1.70 bits per heavy atom. The van der Waals surface area contributed by atoms with Crippen LogP contribution in [0.15, 0.2) is 36.9 Å². The first-order chi connectivity index (χ1) is 9.27. The summed E-state index contributed by atoms with van der Waals surface area (Å²) in [5.41, 5.74) is 2.83. The Morgan fingerprint density at radius 3 is 2.25 bits per heavy atom. The van der Waals surface area contributed by atoms with Crippen LogP contribution in [-0.4, -0.2) is 18.3 Å². The van der Waals surface area contributed by atoms with Crippen LogP contribution in [0.2, 0.25) is 0 Å². The molecule has 2 nitrogen and oxygen atoms in total. The van der Waals surface area contributed by atoms with E-state index >= 15 is 0 Å². The molecule has 0 atom stereocenters. The first-order valence-corrected chi connectivity index (χ1v) is 7.02. The number of allylic oxidation sites excluding steroid dienone is 2. The summed E-state index contributed by atoms with van der Waals surface area (Å²) in [5, 5.41) is 0. The molecule has 0 saturated carbocycles. The van der Waals surface area contributed by atoms with Crippen molar-refractivity contribution in [2.24, 2.45) is 0 Å². The van der Waals surface area contributed by atoms with E-state index in [4.69, 9.17) is 9.31 Å². The van der Waals surface area contributed by atoms with Crippen LogP contribution in [0.4, 0.5) is 0 Å². The Kier molecular flexibility index (Phi) is 3.94. The van der Waals surface area contributed by atoms with Gasteiger partial charge in [-0.25, -0.2) is 0 Å². The minimum absolute atomic E-state index is 0.306. The summed E-state index contributed by atoms with van der Waals surface area (Å²) in [6, 6.07) is 6.29. The summed E-state index contributed by atoms with van der Waals surface area (Å²) in [7, 11) is -0.309. The highest BCUT2D eigenvalue weighted by molar-refractivity contribution is 6.62. The molecular formula is C17H23BO2. The summed E-state index contributed by atoms with van der Waals surface area (Å²) >= 11 is 0. The molecule has 106 valence electrons. The van der Waals surface area contributed by atoms with Crippen molar-refractivity contribution in [3.8, 4) is 0 Å². The topological polar surface area (TPSA) is 18.5 Å². The summed E-state index contributed by atoms with van der Waals surface area (Å²) in [4.78, 5) is 0. The molecule has 0 aromatic heterocycles. The molecule has 1 fully saturated rings. The Bertz CT molecular complexity index is 528. The standard InChI is InChI=1S/C17H23BO2/c1-7-8-9-14-12-15(11-10-13(14)2)18-19-16(3,4)17(5,6)20-18/h7-12H,1H2,2-6H3/b9-8-. The molecule has 0 radical (unpaired) electrons. The van der Waals surface area contributed by atoms with Crippen LogP contribution in [0.1, 0.15) is 38.8 Å². The quantitative estimate of drug-likeness (QED) is 0.618. The second-order valence-electron chi connectivity index (χ2n) is 6.30. The van der Waals surface area contributed by atoms with Crippen molar-refractivity contribution < 1.29 is 9.31 Å². The molecule has 0 bridgehead atoms. The third kappa shape index (κ3) is 2.74. The van der Waals surface area contributed by atoms with E-state index < -0.39 is 0 Å². The lowest BCUT2D eigenvalue weighted by atomic mass is 9.78. The van der Waals surface area contributed by atoms with E-state index in [-0.39, 0.29) is 18.3 Å². The van der Waals surface area contributed by atoms with E-state index in [9.17, 15) is 0 Å². The van der Waals surface area contributed by atoms with E-state index in [1.807, 2.05) is 6.08 Å². The maximum atomic E-state index is 6.08. The van der Waals surface area contributed by atoms with Gasteiger partial charge in [0.05, 0.1) is 11.2 Å². The van der Waals surface area contributed by atoms with Gasteiger partial charge in [0, 0.05) is 0 Å². The normalized spacial score (nSPS) is 20.6. The minimum Gasteiger partial charge on any atom is -0.399 e. The van der Waals surface area contributed by atoms with Crippen molar-refractivity contribution in [3.63, 3.8) is 0 Å². The van der Waals surface area contributed by atoms with Crippen molar-refractivity contribution >= 4 is 18.7 Å². The van der Waals surface area contributed by atoms with Gasteiger partial charge in [-0.05, 0) is 51.2 Å². The summed E-state index contributed by atoms with van der Waals surface area (Å²) in [6.45, 7) is 14.1. The van der Waals surface area contributed by atoms with Crippen molar-refractivity contribution in [1.82, 2.24) is 0 Å². The molecule has 1 aromatic rings. The van der Waals surface area contributed by atoms with Crippen LogP contribution in [-0.2, 0) is 9.31 Å². The zero-order valence-electron chi connectivity index (χ0n) is 13.1. The fraction of sp³-hybridized carbons (Fsp3) is 0.412. The van der Waals surface area contributed by atoms with Gasteiger partial charge in [-0.1, -0.05) is 43.0 Å². The molecule has 1 saturated heterocycles. The fourth-order valence-electron chi connectivity index (χ4n) is 2.14. The van der Waals surface area contributed by atoms with Crippen molar-refractivity contribution in [1.29, 1.82) is 0 Å². The second kappa shape index (κ2) is 5.23. The van der Waals surface area contributed by atoms with E-state index in [1.54, 1.807) is 6.08 Å². The fourth-order valence-corrected chi connectivity index (χ4v) is 2.14. The van der Waals surface area contributed by atoms with Crippen molar-refractivity contribution in [2.75, 3.05) is 0 Å². The van der Waals surface area contributed by atoms with Crippen LogP contribution < -0.4 is 5.46 Å². The predicted octanol–water partition coefficient (Wildman–Crippen LogP) is 3.49. The van der Waals surface area contributed by atoms with Crippen LogP contribution >= 0.6 is 0 Å². The van der Waals surface area contributed by atoms with E-state index in [2.05, 4.69) is 65.5 Å². The molecule has 0 amide bonds. The lowest BCUT2D eigenvalue weighted by Gasteiger charge is -2.32. The van der Waals surface area contributed by atoms with Crippen molar-refractivity contribution in [2.45, 2.75) is 45.8 Å². The second-order valence-corrected chi connectivity index (χ2v) is 6.30. The van der Waals surface area contributed by atoms with Gasteiger partial charge >= 0.3 is 7.12 Å². The molecule has 1 aromatic carbocycles. The third-order valence-electron chi connectivity index (χ3n) is 4.24. The average Bonchev–Trinajstić information content (AvgIpc) is 2.57. The molecule has 1 aliphatic heterocycles. The van der Waals surface area contributed by atoms with Crippen LogP contribution in [0.3, 0.4) is 0 Å². The largest absolute Gasteiger partial charge is 0.494 e. The predicted molar refractivity (Wildman–Crippen MR) is 86.1 cm³/mol. The van der Waals surface area contributed by atoms with Gasteiger partial charge in [0.1, 0.15) is 0 Å². The number of aryl methyl sites for hydroxylation is 1. The van der Waals surface area contributed by atoms with Crippen LogP contribution in [0.5, 0.6) is 0 Å². The van der Waals surface area contributed by atoms with Crippen LogP contribution in [0.25, 0.3) is 6.08 Å². The SMILES string of the molecule is C=C/C=C\c1cc(B2OC(C)(C)C(C)(C)O2)ccc1C. The van der Waals surface area contributed by atoms with Crippen LogP contribution in [0, 0.1) is 6.92 Å². The molecule has 0 spiro atoms. The number of hydrogen-bond acceptors (Lipinski definition) is 2. The first kappa shape index (κ1) is 15.1. The van der Waals surface area contributed by atoms with Gasteiger partial charge in [-0.3, -0.25) is 0 Å². The molecule has 1 heterocycles. The zero-order chi connectivity index (χ0) is 15.0. The zero-order valence-corrected chi connectivity index (χ0v) is 13.1. The lowest BCUT2D eigenvalue weighted by Crippen LogP contribution is -2.41. The number of rotatable bonds is 3. The minimum atomic E-state index is -0.309. The van der Waals surface area contributed by atoms with Gasteiger partial charge in [-0.2, -0.15) is 0 Å². The van der Waals surface area contributed by atoms with Gasteiger partial charge in [0.25, 0.3) is 0 Å². The molecule has 0 unspecified atom stereocenters. The Balaban J connectivity index is 2.31. The smallest absolute Gasteiger partial charge is 0.399 e. The molecule has 2 rings (SSSR count). The van der Waals surface area contributed by atoms with E-state index in [1.165, 1.54) is 5.56 Å². The Labute approximate surface area is 122 Å². The van der Waals surface area contributed by atoms with Gasteiger partial charge in [-0.15, -0.1) is 0 Å². The van der Waals surface area contributed by atoms with E-state index in [0.717, 1.165) is 11.0 Å². The highest BCUT2D eigenvalue weighted by Crippen LogP contribution is 2.36. The highest BCUT2D eigenvalue weighted by Gasteiger charge is 2.51. The summed E-state index contributed by atoms with van der Waals surface area (Å²) < 4.78 is 12.2. The lowest BCUT2D eigenvalue weighted by molar-refractivity contribution is 0.00578. The maximum Gasteiger partial charge on any atom is 0.494 e. The first-order valence-electron chi connectivity index (χ1n) is 7.02. The molecule has 1 aliphatic rings. The molecule has 0 N–H and O–H groups in total. The average molecular weight is 270 g/mol. The van der Waals surface area contributed by atoms with Gasteiger partial charge in [0.2, 0.25) is 0 Å². The summed E-state index contributed by atoms with van der Waals surface area (Å²) in [5.74, 6) is 0. The molecule has 3 heteroatoms. The Morgan fingerprint density at radius 1 is 1.10 bits per heavy atom. The molecule has 20 heavy (non-hydrogen) atoms. The molecular weight excluding hydrogens is 247 g/mol. The Hall–Kier alpha value is -1.32. The number of hydrogen-bond donors (Lipinski definition) is 0. The molecule has 0 aliphatic carbocycles. The monoisotopic (exact) mass is 270 g/mol. The van der Waals surface area contributed by atoms with Gasteiger partial charge < -0.3 is 9.31 Å². The van der Waals surface area contributed by atoms with E-state index in [0.29, 0.717) is 0 Å². The van der Waals surface area contributed by atoms with Gasteiger partial charge in [0.15, 0.2) is 0 Å². The third-order valence-corrected chi connectivity index (χ3v) is 4.24. The number of benzene rings is 1. The van der Waals surface area contributed by atoms with Crippen molar-refractivity contribution in [3.05, 3.63) is 48.1 Å². The summed E-state index contributed by atoms with van der Waals surface area (Å²) in [6.07, 6.45) is 5.77.